The number of halogens is 1. The quantitative estimate of drug-likeness (QED) is 0.444. The summed E-state index contributed by atoms with van der Waals surface area (Å²) in [5.74, 6) is 1.04. The zero-order valence-corrected chi connectivity index (χ0v) is 16.2. The maximum atomic E-state index is 11.8. The largest absolute Gasteiger partial charge is 0.355 e. The van der Waals surface area contributed by atoms with Crippen molar-refractivity contribution in [1.82, 2.24) is 10.2 Å². The number of aliphatic imine (C=N–C) groups is 1. The molecule has 1 heterocycles. The van der Waals surface area contributed by atoms with E-state index in [0.717, 1.165) is 24.4 Å². The summed E-state index contributed by atoms with van der Waals surface area (Å²) in [6.07, 6.45) is 1.52. The predicted molar refractivity (Wildman–Crippen MR) is 101 cm³/mol. The molecule has 1 unspecified atom stereocenters. The lowest BCUT2D eigenvalue weighted by Gasteiger charge is -2.19. The molecule has 0 saturated carbocycles. The Morgan fingerprint density at radius 1 is 1.32 bits per heavy atom. The first-order chi connectivity index (χ1) is 9.99. The molecule has 0 bridgehead atoms. The molecule has 5 nitrogen and oxygen atoms in total. The van der Waals surface area contributed by atoms with Gasteiger partial charge in [-0.25, -0.2) is 13.4 Å². The second-order valence-electron chi connectivity index (χ2n) is 5.53. The Balaban J connectivity index is 0.00000242. The van der Waals surface area contributed by atoms with Gasteiger partial charge in [0.1, 0.15) is 0 Å². The smallest absolute Gasteiger partial charge is 0.193 e. The molecular weight excluding hydrogens is 413 g/mol. The topological polar surface area (TPSA) is 61.8 Å². The second-order valence-corrected chi connectivity index (χ2v) is 7.93. The summed E-state index contributed by atoms with van der Waals surface area (Å²) < 4.78 is 23.7. The highest BCUT2D eigenvalue weighted by Gasteiger charge is 2.31. The average Bonchev–Trinajstić information content (AvgIpc) is 2.78. The molecule has 1 saturated heterocycles. The highest BCUT2D eigenvalue weighted by atomic mass is 127. The van der Waals surface area contributed by atoms with Gasteiger partial charge in [0.15, 0.2) is 15.8 Å². The molecule has 1 atom stereocenters. The number of hydrogen-bond donors (Lipinski definition) is 1. The first kappa shape index (κ1) is 19.2. The van der Waals surface area contributed by atoms with Gasteiger partial charge in [-0.3, -0.25) is 0 Å². The summed E-state index contributed by atoms with van der Waals surface area (Å²) in [5.41, 5.74) is 1.13. The van der Waals surface area contributed by atoms with E-state index in [1.807, 2.05) is 49.3 Å². The molecule has 1 aromatic carbocycles. The van der Waals surface area contributed by atoms with Crippen molar-refractivity contribution in [2.45, 2.75) is 24.6 Å². The predicted octanol–water partition coefficient (Wildman–Crippen LogP) is 1.89. The Morgan fingerprint density at radius 2 is 2.00 bits per heavy atom. The van der Waals surface area contributed by atoms with E-state index < -0.39 is 9.84 Å². The summed E-state index contributed by atoms with van der Waals surface area (Å²) in [7, 11) is 0.894. The fourth-order valence-corrected chi connectivity index (χ4v) is 4.16. The zero-order chi connectivity index (χ0) is 15.3. The van der Waals surface area contributed by atoms with Crippen molar-refractivity contribution >= 4 is 39.8 Å². The first-order valence-electron chi connectivity index (χ1n) is 7.20. The summed E-state index contributed by atoms with van der Waals surface area (Å²) >= 11 is 0. The van der Waals surface area contributed by atoms with E-state index in [4.69, 9.17) is 0 Å². The van der Waals surface area contributed by atoms with Gasteiger partial charge in [-0.15, -0.1) is 24.0 Å². The third kappa shape index (κ3) is 5.42. The molecule has 2 rings (SSSR count). The standard InChI is InChI=1S/C15H23N3O2S.HI/c1-18(2)15(16-11-13-7-4-3-5-8-13)17-12-14-9-6-10-21(14,19)20;/h3-5,7-8,14H,6,9-12H2,1-2H3,(H,16,17);1H. The second kappa shape index (κ2) is 8.71. The van der Waals surface area contributed by atoms with Crippen molar-refractivity contribution in [3.63, 3.8) is 0 Å². The number of sulfone groups is 1. The number of benzene rings is 1. The van der Waals surface area contributed by atoms with Crippen LogP contribution in [0.4, 0.5) is 0 Å². The van der Waals surface area contributed by atoms with Gasteiger partial charge < -0.3 is 10.2 Å². The van der Waals surface area contributed by atoms with Crippen LogP contribution in [0.2, 0.25) is 0 Å². The molecule has 0 aliphatic carbocycles. The van der Waals surface area contributed by atoms with Crippen molar-refractivity contribution in [1.29, 1.82) is 0 Å². The van der Waals surface area contributed by atoms with Crippen molar-refractivity contribution in [3.8, 4) is 0 Å². The normalized spacial score (nSPS) is 20.3. The Labute approximate surface area is 150 Å². The van der Waals surface area contributed by atoms with Gasteiger partial charge >= 0.3 is 0 Å². The van der Waals surface area contributed by atoms with Crippen molar-refractivity contribution in [2.24, 2.45) is 4.99 Å². The van der Waals surface area contributed by atoms with Gasteiger partial charge in [-0.05, 0) is 18.4 Å². The molecule has 1 N–H and O–H groups in total. The zero-order valence-electron chi connectivity index (χ0n) is 13.0. The fraction of sp³-hybridized carbons (Fsp3) is 0.533. The van der Waals surface area contributed by atoms with Crippen molar-refractivity contribution in [2.75, 3.05) is 26.4 Å². The number of nitrogens with zero attached hydrogens (tertiary/aromatic N) is 2. The molecule has 0 radical (unpaired) electrons. The number of guanidine groups is 1. The van der Waals surface area contributed by atoms with E-state index in [9.17, 15) is 8.42 Å². The van der Waals surface area contributed by atoms with Gasteiger partial charge in [-0.1, -0.05) is 30.3 Å². The average molecular weight is 437 g/mol. The van der Waals surface area contributed by atoms with Gasteiger partial charge in [-0.2, -0.15) is 0 Å². The van der Waals surface area contributed by atoms with Gasteiger partial charge in [0.25, 0.3) is 0 Å². The van der Waals surface area contributed by atoms with Gasteiger partial charge in [0, 0.05) is 20.6 Å². The van der Waals surface area contributed by atoms with E-state index in [0.29, 0.717) is 18.8 Å². The van der Waals surface area contributed by atoms with E-state index in [-0.39, 0.29) is 29.2 Å². The van der Waals surface area contributed by atoms with Crippen LogP contribution in [0.1, 0.15) is 18.4 Å². The van der Waals surface area contributed by atoms with Crippen LogP contribution < -0.4 is 5.32 Å². The van der Waals surface area contributed by atoms with Crippen LogP contribution in [-0.4, -0.2) is 50.9 Å². The molecular formula is C15H24IN3O2S. The van der Waals surface area contributed by atoms with Crippen LogP contribution in [0, 0.1) is 0 Å². The lowest BCUT2D eigenvalue weighted by Crippen LogP contribution is -2.41. The minimum Gasteiger partial charge on any atom is -0.355 e. The van der Waals surface area contributed by atoms with E-state index in [1.54, 1.807) is 0 Å². The van der Waals surface area contributed by atoms with Crippen LogP contribution in [0.15, 0.2) is 35.3 Å². The van der Waals surface area contributed by atoms with Crippen molar-refractivity contribution in [3.05, 3.63) is 35.9 Å². The fourth-order valence-electron chi connectivity index (χ4n) is 2.40. The van der Waals surface area contributed by atoms with Crippen LogP contribution in [-0.2, 0) is 16.4 Å². The summed E-state index contributed by atoms with van der Waals surface area (Å²) in [6.45, 7) is 1.02. The molecule has 22 heavy (non-hydrogen) atoms. The van der Waals surface area contributed by atoms with E-state index in [2.05, 4.69) is 10.3 Å². The number of rotatable bonds is 4. The SMILES string of the molecule is CN(C)C(=NCc1ccccc1)NCC1CCCS1(=O)=O.I. The maximum absolute atomic E-state index is 11.8. The highest BCUT2D eigenvalue weighted by molar-refractivity contribution is 14.0. The first-order valence-corrected chi connectivity index (χ1v) is 8.92. The van der Waals surface area contributed by atoms with Crippen LogP contribution in [0.5, 0.6) is 0 Å². The number of hydrogen-bond acceptors (Lipinski definition) is 3. The van der Waals surface area contributed by atoms with E-state index >= 15 is 0 Å². The molecule has 0 amide bonds. The third-order valence-corrected chi connectivity index (χ3v) is 5.90. The van der Waals surface area contributed by atoms with E-state index in [1.165, 1.54) is 0 Å². The minimum atomic E-state index is -2.91. The molecule has 7 heteroatoms. The number of nitrogens with one attached hydrogen (secondary N) is 1. The van der Waals surface area contributed by atoms with Crippen molar-refractivity contribution < 1.29 is 8.42 Å². The molecule has 1 aliphatic heterocycles. The van der Waals surface area contributed by atoms with Crippen LogP contribution in [0.25, 0.3) is 0 Å². The molecule has 124 valence electrons. The lowest BCUT2D eigenvalue weighted by atomic mass is 10.2. The van der Waals surface area contributed by atoms with Gasteiger partial charge in [0.05, 0.1) is 17.5 Å². The monoisotopic (exact) mass is 437 g/mol. The summed E-state index contributed by atoms with van der Waals surface area (Å²) in [5, 5.41) is 2.91. The molecule has 1 aromatic rings. The Hall–Kier alpha value is -0.830. The van der Waals surface area contributed by atoms with Crippen LogP contribution in [0.3, 0.4) is 0 Å². The Kier molecular flexibility index (Phi) is 7.61. The Morgan fingerprint density at radius 3 is 2.55 bits per heavy atom. The highest BCUT2D eigenvalue weighted by Crippen LogP contribution is 2.19. The summed E-state index contributed by atoms with van der Waals surface area (Å²) in [4.78, 5) is 6.42. The molecule has 0 spiro atoms. The maximum Gasteiger partial charge on any atom is 0.193 e. The minimum absolute atomic E-state index is 0. The Bertz CT molecular complexity index is 588. The third-order valence-electron chi connectivity index (χ3n) is 3.63. The van der Waals surface area contributed by atoms with Crippen LogP contribution >= 0.6 is 24.0 Å². The lowest BCUT2D eigenvalue weighted by molar-refractivity contribution is 0.562. The van der Waals surface area contributed by atoms with Gasteiger partial charge in [0.2, 0.25) is 0 Å². The molecule has 1 aliphatic rings. The molecule has 0 aromatic heterocycles. The molecule has 1 fully saturated rings. The summed E-state index contributed by atoms with van der Waals surface area (Å²) in [6, 6.07) is 10.00.